The summed E-state index contributed by atoms with van der Waals surface area (Å²) in [5.41, 5.74) is -0.0696. The van der Waals surface area contributed by atoms with E-state index < -0.39 is 36.1 Å². The average Bonchev–Trinajstić information content (AvgIpc) is 2.46. The third kappa shape index (κ3) is 4.76. The van der Waals surface area contributed by atoms with E-state index in [9.17, 15) is 19.2 Å². The van der Waals surface area contributed by atoms with Gasteiger partial charge in [0.05, 0.1) is 11.1 Å². The lowest BCUT2D eigenvalue weighted by atomic mass is 10.1. The molecule has 0 radical (unpaired) electrons. The Morgan fingerprint density at radius 2 is 1.05 bits per heavy atom. The van der Waals surface area contributed by atoms with Crippen LogP contribution in [0.3, 0.4) is 0 Å². The zero-order valence-corrected chi connectivity index (χ0v) is 11.8. The average molecular weight is 310 g/mol. The maximum Gasteiger partial charge on any atom is 0.345 e. The molecule has 0 spiro atoms. The number of rotatable bonds is 4. The standard InChI is InChI=1S/C14H14O8/c1-7(15)11(17)21-13(19)9-3-5-10(6-4-9)14(20)22-12(18)8(2)16/h3-8,15-16H,1-2H3. The second-order valence-corrected chi connectivity index (χ2v) is 4.35. The second kappa shape index (κ2) is 7.43. The molecule has 2 atom stereocenters. The maximum atomic E-state index is 11.6. The van der Waals surface area contributed by atoms with Gasteiger partial charge in [0.25, 0.3) is 0 Å². The van der Waals surface area contributed by atoms with Crippen LogP contribution >= 0.6 is 0 Å². The molecule has 0 fully saturated rings. The number of aliphatic hydroxyl groups is 2. The molecular formula is C14H14O8. The topological polar surface area (TPSA) is 127 Å². The number of carbonyl (C=O) groups is 4. The highest BCUT2D eigenvalue weighted by atomic mass is 16.6. The van der Waals surface area contributed by atoms with E-state index in [2.05, 4.69) is 9.47 Å². The second-order valence-electron chi connectivity index (χ2n) is 4.35. The Balaban J connectivity index is 2.74. The molecule has 0 aromatic heterocycles. The third-order valence-corrected chi connectivity index (χ3v) is 2.43. The molecule has 0 aliphatic carbocycles. The lowest BCUT2D eigenvalue weighted by molar-refractivity contribution is -0.147. The summed E-state index contributed by atoms with van der Waals surface area (Å²) in [6.07, 6.45) is -2.88. The highest BCUT2D eigenvalue weighted by Crippen LogP contribution is 2.08. The van der Waals surface area contributed by atoms with Gasteiger partial charge in [0.15, 0.2) is 0 Å². The van der Waals surface area contributed by atoms with Gasteiger partial charge in [-0.3, -0.25) is 0 Å². The van der Waals surface area contributed by atoms with Crippen LogP contribution in [0.4, 0.5) is 0 Å². The van der Waals surface area contributed by atoms with Crippen LogP contribution in [0.2, 0.25) is 0 Å². The van der Waals surface area contributed by atoms with Gasteiger partial charge in [-0.25, -0.2) is 19.2 Å². The number of hydrogen-bond donors (Lipinski definition) is 2. The monoisotopic (exact) mass is 310 g/mol. The largest absolute Gasteiger partial charge is 0.387 e. The van der Waals surface area contributed by atoms with Gasteiger partial charge in [-0.05, 0) is 38.1 Å². The first-order valence-corrected chi connectivity index (χ1v) is 6.20. The summed E-state index contributed by atoms with van der Waals surface area (Å²) in [7, 11) is 0. The highest BCUT2D eigenvalue weighted by molar-refractivity contribution is 6.00. The summed E-state index contributed by atoms with van der Waals surface area (Å²) in [6.45, 7) is 2.29. The van der Waals surface area contributed by atoms with Gasteiger partial charge in [0.1, 0.15) is 12.2 Å². The zero-order chi connectivity index (χ0) is 16.9. The summed E-state index contributed by atoms with van der Waals surface area (Å²) in [5, 5.41) is 17.8. The van der Waals surface area contributed by atoms with E-state index in [0.29, 0.717) is 0 Å². The van der Waals surface area contributed by atoms with Crippen LogP contribution < -0.4 is 0 Å². The van der Waals surface area contributed by atoms with Crippen LogP contribution in [0.5, 0.6) is 0 Å². The molecule has 0 saturated carbocycles. The Labute approximate surface area is 125 Å². The minimum Gasteiger partial charge on any atom is -0.387 e. The molecule has 1 rings (SSSR count). The van der Waals surface area contributed by atoms with Gasteiger partial charge in [-0.1, -0.05) is 0 Å². The fraction of sp³-hybridized carbons (Fsp3) is 0.286. The number of carbonyl (C=O) groups excluding carboxylic acids is 4. The zero-order valence-electron chi connectivity index (χ0n) is 11.8. The van der Waals surface area contributed by atoms with Crippen molar-refractivity contribution in [2.24, 2.45) is 0 Å². The SMILES string of the molecule is CC(O)C(=O)OC(=O)c1ccc(C(=O)OC(=O)C(C)O)cc1. The van der Waals surface area contributed by atoms with Crippen LogP contribution in [0.15, 0.2) is 24.3 Å². The molecule has 1 aromatic carbocycles. The van der Waals surface area contributed by atoms with Crippen molar-refractivity contribution < 1.29 is 38.9 Å². The summed E-state index contributed by atoms with van der Waals surface area (Å²) >= 11 is 0. The Bertz CT molecular complexity index is 532. The van der Waals surface area contributed by atoms with Crippen LogP contribution in [0, 0.1) is 0 Å². The quantitative estimate of drug-likeness (QED) is 0.579. The Kier molecular flexibility index (Phi) is 5.90. The Morgan fingerprint density at radius 3 is 1.27 bits per heavy atom. The predicted octanol–water partition coefficient (Wildman–Crippen LogP) is -0.185. The van der Waals surface area contributed by atoms with Gasteiger partial charge >= 0.3 is 23.9 Å². The third-order valence-electron chi connectivity index (χ3n) is 2.43. The Morgan fingerprint density at radius 1 is 0.773 bits per heavy atom. The van der Waals surface area contributed by atoms with Gasteiger partial charge in [0.2, 0.25) is 0 Å². The maximum absolute atomic E-state index is 11.6. The normalized spacial score (nSPS) is 12.9. The van der Waals surface area contributed by atoms with E-state index >= 15 is 0 Å². The molecule has 22 heavy (non-hydrogen) atoms. The van der Waals surface area contributed by atoms with Crippen LogP contribution in [0.1, 0.15) is 34.6 Å². The molecule has 8 nitrogen and oxygen atoms in total. The first-order valence-electron chi connectivity index (χ1n) is 6.20. The molecule has 2 N–H and O–H groups in total. The van der Waals surface area contributed by atoms with Gasteiger partial charge in [-0.2, -0.15) is 0 Å². The Hall–Kier alpha value is -2.58. The van der Waals surface area contributed by atoms with Gasteiger partial charge in [-0.15, -0.1) is 0 Å². The number of hydrogen-bond acceptors (Lipinski definition) is 8. The fourth-order valence-corrected chi connectivity index (χ4v) is 1.21. The van der Waals surface area contributed by atoms with Crippen molar-refractivity contribution in [3.05, 3.63) is 35.4 Å². The van der Waals surface area contributed by atoms with Crippen molar-refractivity contribution in [1.29, 1.82) is 0 Å². The van der Waals surface area contributed by atoms with Crippen LogP contribution in [0.25, 0.3) is 0 Å². The van der Waals surface area contributed by atoms with E-state index in [1.54, 1.807) is 0 Å². The van der Waals surface area contributed by atoms with E-state index in [1.807, 2.05) is 0 Å². The summed E-state index contributed by atoms with van der Waals surface area (Å²) < 4.78 is 8.73. The lowest BCUT2D eigenvalue weighted by Crippen LogP contribution is -2.23. The number of ether oxygens (including phenoxy) is 2. The molecule has 0 heterocycles. The number of esters is 4. The van der Waals surface area contributed by atoms with Gasteiger partial charge < -0.3 is 19.7 Å². The van der Waals surface area contributed by atoms with E-state index in [4.69, 9.17) is 10.2 Å². The summed E-state index contributed by atoms with van der Waals surface area (Å²) in [4.78, 5) is 45.2. The molecule has 0 aliphatic rings. The highest BCUT2D eigenvalue weighted by Gasteiger charge is 2.19. The fourth-order valence-electron chi connectivity index (χ4n) is 1.21. The minimum absolute atomic E-state index is 0.0348. The molecule has 2 unspecified atom stereocenters. The van der Waals surface area contributed by atoms with Gasteiger partial charge in [0, 0.05) is 0 Å². The van der Waals surface area contributed by atoms with E-state index in [-0.39, 0.29) is 11.1 Å². The lowest BCUT2D eigenvalue weighted by Gasteiger charge is -2.06. The van der Waals surface area contributed by atoms with Crippen LogP contribution in [-0.2, 0) is 19.1 Å². The first kappa shape index (κ1) is 17.5. The van der Waals surface area contributed by atoms with Crippen molar-refractivity contribution in [2.45, 2.75) is 26.1 Å². The predicted molar refractivity (Wildman–Crippen MR) is 70.6 cm³/mol. The molecule has 8 heteroatoms. The molecule has 0 bridgehead atoms. The molecule has 0 saturated heterocycles. The van der Waals surface area contributed by atoms with E-state index in [1.165, 1.54) is 24.3 Å². The summed E-state index contributed by atoms with van der Waals surface area (Å²) in [5.74, 6) is -4.19. The number of benzene rings is 1. The van der Waals surface area contributed by atoms with Crippen molar-refractivity contribution in [2.75, 3.05) is 0 Å². The molecule has 0 amide bonds. The van der Waals surface area contributed by atoms with Crippen molar-refractivity contribution in [1.82, 2.24) is 0 Å². The number of aliphatic hydroxyl groups excluding tert-OH is 2. The van der Waals surface area contributed by atoms with Crippen LogP contribution in [-0.4, -0.2) is 46.3 Å². The van der Waals surface area contributed by atoms with Crippen molar-refractivity contribution in [3.8, 4) is 0 Å². The smallest absolute Gasteiger partial charge is 0.345 e. The molecular weight excluding hydrogens is 296 g/mol. The molecule has 0 aliphatic heterocycles. The molecule has 118 valence electrons. The molecule has 1 aromatic rings. The van der Waals surface area contributed by atoms with Crippen molar-refractivity contribution in [3.63, 3.8) is 0 Å². The van der Waals surface area contributed by atoms with E-state index in [0.717, 1.165) is 13.8 Å². The minimum atomic E-state index is -1.44. The van der Waals surface area contributed by atoms with Crippen molar-refractivity contribution >= 4 is 23.9 Å². The first-order chi connectivity index (χ1) is 10.2. The summed E-state index contributed by atoms with van der Waals surface area (Å²) in [6, 6.07) is 4.73.